The fourth-order valence-electron chi connectivity index (χ4n) is 1.48. The zero-order chi connectivity index (χ0) is 14.5. The molecule has 0 aromatic heterocycles. The second-order valence-electron chi connectivity index (χ2n) is 5.04. The quantitative estimate of drug-likeness (QED) is 0.850. The summed E-state index contributed by atoms with van der Waals surface area (Å²) in [4.78, 5) is 11.7. The van der Waals surface area contributed by atoms with E-state index in [0.717, 1.165) is 5.56 Å². The molecular weight excluding hydrogens is 242 g/mol. The molecule has 0 fully saturated rings. The van der Waals surface area contributed by atoms with Gasteiger partial charge in [-0.1, -0.05) is 6.07 Å². The Hall–Kier alpha value is -2.15. The van der Waals surface area contributed by atoms with Crippen LogP contribution >= 0.6 is 0 Å². The molecule has 0 atom stereocenters. The maximum absolute atomic E-state index is 11.7. The number of carbonyl (C=O) groups is 1. The van der Waals surface area contributed by atoms with E-state index in [1.807, 2.05) is 6.07 Å². The maximum Gasteiger partial charge on any atom is 0.412 e. The van der Waals surface area contributed by atoms with Crippen LogP contribution in [0.5, 0.6) is 5.75 Å². The minimum atomic E-state index is -0.541. The summed E-state index contributed by atoms with van der Waals surface area (Å²) in [6.45, 7) is 5.42. The molecule has 1 aromatic rings. The summed E-state index contributed by atoms with van der Waals surface area (Å²) in [5.41, 5.74) is 0.965. The molecule has 1 amide bonds. The standard InChI is InChI=1S/C15H19NO3/c1-6-7-11-8-9-12(13(10-11)18-5)16-14(17)19-15(2,3)4/h1,8-10H,7H2,2-5H3,(H,16,17). The lowest BCUT2D eigenvalue weighted by Crippen LogP contribution is -2.27. The first-order chi connectivity index (χ1) is 8.85. The summed E-state index contributed by atoms with van der Waals surface area (Å²) in [5.74, 6) is 3.11. The summed E-state index contributed by atoms with van der Waals surface area (Å²) < 4.78 is 10.4. The van der Waals surface area contributed by atoms with Crippen LogP contribution in [0.25, 0.3) is 0 Å². The Morgan fingerprint density at radius 1 is 1.42 bits per heavy atom. The molecular formula is C15H19NO3. The van der Waals surface area contributed by atoms with Crippen molar-refractivity contribution in [1.82, 2.24) is 0 Å². The average molecular weight is 261 g/mol. The fraction of sp³-hybridized carbons (Fsp3) is 0.400. The van der Waals surface area contributed by atoms with Gasteiger partial charge in [-0.05, 0) is 38.5 Å². The van der Waals surface area contributed by atoms with E-state index >= 15 is 0 Å². The molecule has 102 valence electrons. The summed E-state index contributed by atoms with van der Waals surface area (Å²) >= 11 is 0. The van der Waals surface area contributed by atoms with Crippen molar-refractivity contribution in [2.75, 3.05) is 12.4 Å². The molecule has 0 aliphatic heterocycles. The average Bonchev–Trinajstić information content (AvgIpc) is 2.29. The van der Waals surface area contributed by atoms with E-state index in [-0.39, 0.29) is 0 Å². The maximum atomic E-state index is 11.7. The molecule has 0 aliphatic carbocycles. The highest BCUT2D eigenvalue weighted by Gasteiger charge is 2.17. The van der Waals surface area contributed by atoms with Gasteiger partial charge in [0, 0.05) is 6.42 Å². The highest BCUT2D eigenvalue weighted by Crippen LogP contribution is 2.26. The van der Waals surface area contributed by atoms with E-state index in [9.17, 15) is 4.79 Å². The Morgan fingerprint density at radius 2 is 2.11 bits per heavy atom. The van der Waals surface area contributed by atoms with Crippen LogP contribution in [-0.4, -0.2) is 18.8 Å². The summed E-state index contributed by atoms with van der Waals surface area (Å²) in [6.07, 6.45) is 5.26. The first kappa shape index (κ1) is 14.9. The minimum Gasteiger partial charge on any atom is -0.495 e. The van der Waals surface area contributed by atoms with Gasteiger partial charge in [0.15, 0.2) is 0 Å². The highest BCUT2D eigenvalue weighted by atomic mass is 16.6. The van der Waals surface area contributed by atoms with Crippen LogP contribution in [0.4, 0.5) is 10.5 Å². The number of rotatable bonds is 3. The van der Waals surface area contributed by atoms with Crippen molar-refractivity contribution in [2.24, 2.45) is 0 Å². The number of ether oxygens (including phenoxy) is 2. The Labute approximate surface area is 114 Å². The largest absolute Gasteiger partial charge is 0.495 e. The van der Waals surface area contributed by atoms with Gasteiger partial charge in [0.1, 0.15) is 11.4 Å². The molecule has 0 saturated heterocycles. The van der Waals surface area contributed by atoms with Gasteiger partial charge in [0.2, 0.25) is 0 Å². The van der Waals surface area contributed by atoms with Gasteiger partial charge in [-0.15, -0.1) is 12.3 Å². The number of terminal acetylenes is 1. The van der Waals surface area contributed by atoms with E-state index in [1.54, 1.807) is 32.9 Å². The molecule has 1 rings (SSSR count). The molecule has 1 N–H and O–H groups in total. The SMILES string of the molecule is C#CCc1ccc(NC(=O)OC(C)(C)C)c(OC)c1. The van der Waals surface area contributed by atoms with Crippen molar-refractivity contribution in [2.45, 2.75) is 32.8 Å². The number of benzene rings is 1. The predicted octanol–water partition coefficient (Wildman–Crippen LogP) is 3.22. The van der Waals surface area contributed by atoms with Crippen LogP contribution in [0, 0.1) is 12.3 Å². The highest BCUT2D eigenvalue weighted by molar-refractivity contribution is 5.87. The van der Waals surface area contributed by atoms with Gasteiger partial charge in [-0.25, -0.2) is 4.79 Å². The van der Waals surface area contributed by atoms with Crippen LogP contribution in [0.2, 0.25) is 0 Å². The molecule has 0 saturated carbocycles. The van der Waals surface area contributed by atoms with Crippen molar-refractivity contribution in [3.05, 3.63) is 23.8 Å². The van der Waals surface area contributed by atoms with Gasteiger partial charge >= 0.3 is 6.09 Å². The van der Waals surface area contributed by atoms with Crippen molar-refractivity contribution < 1.29 is 14.3 Å². The summed E-state index contributed by atoms with van der Waals surface area (Å²) in [5, 5.41) is 2.65. The van der Waals surface area contributed by atoms with Gasteiger partial charge in [-0.3, -0.25) is 5.32 Å². The number of nitrogens with one attached hydrogen (secondary N) is 1. The van der Waals surface area contributed by atoms with E-state index in [1.165, 1.54) is 7.11 Å². The molecule has 0 aliphatic rings. The van der Waals surface area contributed by atoms with Gasteiger partial charge in [-0.2, -0.15) is 0 Å². The molecule has 4 heteroatoms. The van der Waals surface area contributed by atoms with Crippen LogP contribution in [0.15, 0.2) is 18.2 Å². The lowest BCUT2D eigenvalue weighted by atomic mass is 10.1. The number of methoxy groups -OCH3 is 1. The molecule has 0 heterocycles. The molecule has 0 radical (unpaired) electrons. The fourth-order valence-corrected chi connectivity index (χ4v) is 1.48. The molecule has 19 heavy (non-hydrogen) atoms. The third-order valence-corrected chi connectivity index (χ3v) is 2.21. The van der Waals surface area contributed by atoms with Crippen LogP contribution in [-0.2, 0) is 11.2 Å². The molecule has 0 bridgehead atoms. The number of hydrogen-bond donors (Lipinski definition) is 1. The minimum absolute atomic E-state index is 0.517. The summed E-state index contributed by atoms with van der Waals surface area (Å²) in [6, 6.07) is 5.39. The topological polar surface area (TPSA) is 47.6 Å². The monoisotopic (exact) mass is 261 g/mol. The molecule has 0 spiro atoms. The van der Waals surface area contributed by atoms with Crippen molar-refractivity contribution >= 4 is 11.8 Å². The van der Waals surface area contributed by atoms with Crippen LogP contribution in [0.1, 0.15) is 26.3 Å². The Morgan fingerprint density at radius 3 is 2.63 bits per heavy atom. The first-order valence-electron chi connectivity index (χ1n) is 5.96. The van der Waals surface area contributed by atoms with Gasteiger partial charge in [0.05, 0.1) is 12.8 Å². The second kappa shape index (κ2) is 6.14. The van der Waals surface area contributed by atoms with Crippen molar-refractivity contribution in [1.29, 1.82) is 0 Å². The predicted molar refractivity (Wildman–Crippen MR) is 75.4 cm³/mol. The third-order valence-electron chi connectivity index (χ3n) is 2.21. The first-order valence-corrected chi connectivity index (χ1v) is 5.96. The van der Waals surface area contributed by atoms with Crippen molar-refractivity contribution in [3.63, 3.8) is 0 Å². The second-order valence-corrected chi connectivity index (χ2v) is 5.04. The van der Waals surface area contributed by atoms with Crippen molar-refractivity contribution in [3.8, 4) is 18.1 Å². The van der Waals surface area contributed by atoms with Gasteiger partial charge in [0.25, 0.3) is 0 Å². The number of anilines is 1. The number of hydrogen-bond acceptors (Lipinski definition) is 3. The smallest absolute Gasteiger partial charge is 0.412 e. The van der Waals surface area contributed by atoms with E-state index in [2.05, 4.69) is 11.2 Å². The van der Waals surface area contributed by atoms with Crippen LogP contribution in [0.3, 0.4) is 0 Å². The van der Waals surface area contributed by atoms with E-state index < -0.39 is 11.7 Å². The molecule has 0 unspecified atom stereocenters. The van der Waals surface area contributed by atoms with E-state index in [0.29, 0.717) is 17.9 Å². The summed E-state index contributed by atoms with van der Waals surface area (Å²) in [7, 11) is 1.54. The zero-order valence-corrected chi connectivity index (χ0v) is 11.7. The lowest BCUT2D eigenvalue weighted by molar-refractivity contribution is 0.0635. The Balaban J connectivity index is 2.84. The molecule has 1 aromatic carbocycles. The number of amides is 1. The lowest BCUT2D eigenvalue weighted by Gasteiger charge is -2.20. The third kappa shape index (κ3) is 4.92. The zero-order valence-electron chi connectivity index (χ0n) is 11.7. The van der Waals surface area contributed by atoms with Crippen LogP contribution < -0.4 is 10.1 Å². The van der Waals surface area contributed by atoms with Gasteiger partial charge < -0.3 is 9.47 Å². The number of carbonyl (C=O) groups excluding carboxylic acids is 1. The normalized spacial score (nSPS) is 10.5. The Kier molecular flexibility index (Phi) is 4.82. The Bertz CT molecular complexity index is 495. The molecule has 4 nitrogen and oxygen atoms in total. The van der Waals surface area contributed by atoms with E-state index in [4.69, 9.17) is 15.9 Å².